The summed E-state index contributed by atoms with van der Waals surface area (Å²) in [6.45, 7) is 2.77. The molecule has 1 fully saturated rings. The second-order valence-electron chi connectivity index (χ2n) is 5.04. The number of fused-ring (bicyclic) bond motifs is 3. The predicted octanol–water partition coefficient (Wildman–Crippen LogP) is 1.74. The van der Waals surface area contributed by atoms with E-state index >= 15 is 0 Å². The monoisotopic (exact) mass is 225 g/mol. The second kappa shape index (κ2) is 3.15. The highest BCUT2D eigenvalue weighted by Crippen LogP contribution is 2.44. The van der Waals surface area contributed by atoms with Crippen LogP contribution in [-0.4, -0.2) is 29.2 Å². The molecule has 4 atom stereocenters. The van der Waals surface area contributed by atoms with E-state index in [1.807, 2.05) is 12.3 Å². The molecule has 2 nitrogen and oxygen atoms in total. The number of hydrogen-bond donors (Lipinski definition) is 1. The van der Waals surface area contributed by atoms with Crippen molar-refractivity contribution in [3.8, 4) is 0 Å². The number of hydrogen-bond acceptors (Lipinski definition) is 1. The van der Waals surface area contributed by atoms with E-state index in [4.69, 9.17) is 0 Å². The Morgan fingerprint density at radius 1 is 1.56 bits per heavy atom. The zero-order chi connectivity index (χ0) is 11.3. The molecule has 3 rings (SSSR count). The van der Waals surface area contributed by atoms with Crippen LogP contribution in [-0.2, 0) is 0 Å². The van der Waals surface area contributed by atoms with E-state index < -0.39 is 12.2 Å². The summed E-state index contributed by atoms with van der Waals surface area (Å²) in [7, 11) is 0. The van der Waals surface area contributed by atoms with Gasteiger partial charge in [0.15, 0.2) is 30.5 Å². The van der Waals surface area contributed by atoms with Gasteiger partial charge in [-0.05, 0) is 12.2 Å². The van der Waals surface area contributed by atoms with Crippen molar-refractivity contribution >= 4 is 6.21 Å². The summed E-state index contributed by atoms with van der Waals surface area (Å²) in [6.07, 6.45) is 7.09. The molecule has 0 spiro atoms. The zero-order valence-electron chi connectivity index (χ0n) is 9.16. The van der Waals surface area contributed by atoms with Gasteiger partial charge in [0.25, 0.3) is 0 Å². The van der Waals surface area contributed by atoms with E-state index in [0.717, 1.165) is 6.42 Å². The van der Waals surface area contributed by atoms with Crippen LogP contribution < -0.4 is 5.32 Å². The lowest BCUT2D eigenvalue weighted by Crippen LogP contribution is -2.50. The fourth-order valence-electron chi connectivity index (χ4n) is 3.30. The fourth-order valence-corrected chi connectivity index (χ4v) is 3.30. The predicted molar refractivity (Wildman–Crippen MR) is 57.6 cm³/mol. The summed E-state index contributed by atoms with van der Waals surface area (Å²) in [4.78, 5) is 0. The number of halogens is 2. The molecule has 4 unspecified atom stereocenters. The highest BCUT2D eigenvalue weighted by molar-refractivity contribution is 5.67. The molecule has 0 saturated carbocycles. The van der Waals surface area contributed by atoms with E-state index in [1.165, 1.54) is 6.08 Å². The van der Waals surface area contributed by atoms with Crippen LogP contribution in [0.5, 0.6) is 0 Å². The number of nitrogens with one attached hydrogen (secondary N) is 1. The smallest absolute Gasteiger partial charge is 0.185 e. The van der Waals surface area contributed by atoms with Crippen molar-refractivity contribution in [3.63, 3.8) is 0 Å². The molecule has 4 heteroatoms. The van der Waals surface area contributed by atoms with Crippen molar-refractivity contribution in [3.05, 3.63) is 24.2 Å². The molecule has 0 aromatic carbocycles. The van der Waals surface area contributed by atoms with Gasteiger partial charge < -0.3 is 5.32 Å². The van der Waals surface area contributed by atoms with E-state index in [0.29, 0.717) is 6.54 Å². The molecule has 0 bridgehead atoms. The first-order valence-electron chi connectivity index (χ1n) is 5.66. The second-order valence-corrected chi connectivity index (χ2v) is 5.04. The topological polar surface area (TPSA) is 15.0 Å². The normalized spacial score (nSPS) is 45.3. The van der Waals surface area contributed by atoms with Gasteiger partial charge in [-0.2, -0.15) is 4.39 Å². The minimum Gasteiger partial charge on any atom is -0.332 e. The van der Waals surface area contributed by atoms with Crippen molar-refractivity contribution in [2.24, 2.45) is 11.8 Å². The van der Waals surface area contributed by atoms with E-state index in [-0.39, 0.29) is 17.4 Å². The van der Waals surface area contributed by atoms with Crippen molar-refractivity contribution < 1.29 is 13.4 Å². The van der Waals surface area contributed by atoms with Crippen LogP contribution in [0.2, 0.25) is 0 Å². The Bertz CT molecular complexity index is 413. The summed E-state index contributed by atoms with van der Waals surface area (Å²) < 4.78 is 29.2. The lowest BCUT2D eigenvalue weighted by molar-refractivity contribution is -0.585. The Kier molecular flexibility index (Phi) is 1.97. The first kappa shape index (κ1) is 10.00. The fraction of sp³-hybridized carbons (Fsp3) is 0.583. The Morgan fingerprint density at radius 2 is 2.38 bits per heavy atom. The molecule has 3 aliphatic heterocycles. The third-order valence-electron chi connectivity index (χ3n) is 4.13. The molecule has 0 amide bonds. The Balaban J connectivity index is 2.03. The van der Waals surface area contributed by atoms with Gasteiger partial charge in [-0.25, -0.2) is 8.97 Å². The lowest BCUT2D eigenvalue weighted by atomic mass is 9.76. The first-order chi connectivity index (χ1) is 7.61. The number of allylic oxidation sites excluding steroid dienone is 1. The first-order valence-corrected chi connectivity index (χ1v) is 5.66. The molecule has 0 aromatic rings. The van der Waals surface area contributed by atoms with Crippen LogP contribution in [0.1, 0.15) is 13.3 Å². The molecule has 86 valence electrons. The van der Waals surface area contributed by atoms with Gasteiger partial charge >= 0.3 is 0 Å². The van der Waals surface area contributed by atoms with Crippen LogP contribution in [0.25, 0.3) is 0 Å². The minimum absolute atomic E-state index is 0.0302. The third kappa shape index (κ3) is 1.19. The molecular formula is C12H15F2N2+. The molecule has 0 aliphatic carbocycles. The van der Waals surface area contributed by atoms with E-state index in [2.05, 4.69) is 22.9 Å². The molecule has 1 N–H and O–H groups in total. The average molecular weight is 225 g/mol. The maximum Gasteiger partial charge on any atom is 0.185 e. The number of rotatable bonds is 0. The minimum atomic E-state index is -1.29. The summed E-state index contributed by atoms with van der Waals surface area (Å²) in [5.41, 5.74) is -0.219. The Labute approximate surface area is 93.3 Å². The summed E-state index contributed by atoms with van der Waals surface area (Å²) >= 11 is 0. The molecular weight excluding hydrogens is 210 g/mol. The van der Waals surface area contributed by atoms with Gasteiger partial charge in [0.1, 0.15) is 0 Å². The van der Waals surface area contributed by atoms with Crippen LogP contribution in [0.3, 0.4) is 0 Å². The molecule has 3 aliphatic rings. The van der Waals surface area contributed by atoms with E-state index in [9.17, 15) is 8.78 Å². The summed E-state index contributed by atoms with van der Waals surface area (Å²) in [6, 6.07) is 0. The Morgan fingerprint density at radius 3 is 3.19 bits per heavy atom. The maximum absolute atomic E-state index is 13.9. The molecule has 0 aromatic heterocycles. The van der Waals surface area contributed by atoms with Crippen LogP contribution in [0, 0.1) is 11.8 Å². The van der Waals surface area contributed by atoms with Gasteiger partial charge in [-0.3, -0.25) is 0 Å². The van der Waals surface area contributed by atoms with Gasteiger partial charge in [-0.15, -0.1) is 0 Å². The average Bonchev–Trinajstić information content (AvgIpc) is 2.49. The van der Waals surface area contributed by atoms with Crippen molar-refractivity contribution in [2.75, 3.05) is 6.54 Å². The third-order valence-corrected chi connectivity index (χ3v) is 4.13. The van der Waals surface area contributed by atoms with Crippen molar-refractivity contribution in [2.45, 2.75) is 25.2 Å². The molecule has 0 radical (unpaired) electrons. The van der Waals surface area contributed by atoms with E-state index in [1.54, 1.807) is 0 Å². The van der Waals surface area contributed by atoms with Crippen LogP contribution in [0.15, 0.2) is 24.2 Å². The van der Waals surface area contributed by atoms with Crippen molar-refractivity contribution in [1.29, 1.82) is 0 Å². The highest BCUT2D eigenvalue weighted by atomic mass is 19.2. The van der Waals surface area contributed by atoms with Crippen molar-refractivity contribution in [1.82, 2.24) is 5.32 Å². The SMILES string of the molecule is CC12CC=CC=[N+]1CC1C=C(F)NC(F)C12. The quantitative estimate of drug-likeness (QED) is 0.490. The standard InChI is InChI=1S/C12H15F2N2/c1-12-4-2-3-5-16(12)7-8-6-9(13)15-11(14)10(8)12/h2-3,5-6,8,10-11,15H,4,7H2,1H3/q+1. The molecule has 16 heavy (non-hydrogen) atoms. The lowest BCUT2D eigenvalue weighted by Gasteiger charge is -2.33. The summed E-state index contributed by atoms with van der Waals surface area (Å²) in [5.74, 6) is -0.726. The van der Waals surface area contributed by atoms with Crippen LogP contribution in [0.4, 0.5) is 8.78 Å². The van der Waals surface area contributed by atoms with Gasteiger partial charge in [-0.1, -0.05) is 6.08 Å². The number of nitrogens with zero attached hydrogens (tertiary/aromatic N) is 1. The van der Waals surface area contributed by atoms with Crippen LogP contribution >= 0.6 is 0 Å². The molecule has 1 saturated heterocycles. The van der Waals surface area contributed by atoms with Gasteiger partial charge in [0.05, 0.1) is 11.8 Å². The maximum atomic E-state index is 13.9. The number of alkyl halides is 1. The highest BCUT2D eigenvalue weighted by Gasteiger charge is 2.59. The zero-order valence-corrected chi connectivity index (χ0v) is 9.16. The Hall–Kier alpha value is -1.19. The van der Waals surface area contributed by atoms with Gasteiger partial charge in [0.2, 0.25) is 0 Å². The van der Waals surface area contributed by atoms with Gasteiger partial charge in [0, 0.05) is 13.3 Å². The summed E-state index contributed by atoms with van der Waals surface area (Å²) in [5, 5.41) is 2.27. The molecule has 3 heterocycles. The largest absolute Gasteiger partial charge is 0.332 e.